The zero-order valence-corrected chi connectivity index (χ0v) is 19.1. The highest BCUT2D eigenvalue weighted by Gasteiger charge is 2.32. The Kier molecular flexibility index (Phi) is 5.80. The van der Waals surface area contributed by atoms with Crippen LogP contribution in [-0.2, 0) is 11.0 Å². The van der Waals surface area contributed by atoms with E-state index in [1.165, 1.54) is 12.4 Å². The van der Waals surface area contributed by atoms with E-state index in [9.17, 15) is 23.2 Å². The molecule has 182 valence electrons. The molecule has 0 saturated carbocycles. The predicted octanol–water partition coefficient (Wildman–Crippen LogP) is 5.21. The predicted molar refractivity (Wildman–Crippen MR) is 127 cm³/mol. The Labute approximate surface area is 203 Å². The summed E-state index contributed by atoms with van der Waals surface area (Å²) in [5.41, 5.74) is 1.75. The summed E-state index contributed by atoms with van der Waals surface area (Å²) < 4.78 is 39.7. The summed E-state index contributed by atoms with van der Waals surface area (Å²) in [4.78, 5) is 29.1. The van der Waals surface area contributed by atoms with E-state index in [2.05, 4.69) is 25.3 Å². The summed E-state index contributed by atoms with van der Waals surface area (Å²) in [5.74, 6) is 0.326. The number of hydrogen-bond acceptors (Lipinski definition) is 6. The van der Waals surface area contributed by atoms with Gasteiger partial charge in [-0.2, -0.15) is 18.4 Å². The molecule has 5 rings (SSSR count). The Bertz CT molecular complexity index is 1490. The maximum Gasteiger partial charge on any atom is 0.417 e. The van der Waals surface area contributed by atoms with Gasteiger partial charge in [0.25, 0.3) is 0 Å². The van der Waals surface area contributed by atoms with Gasteiger partial charge in [0.05, 0.1) is 29.1 Å². The first-order chi connectivity index (χ1) is 17.2. The van der Waals surface area contributed by atoms with E-state index in [-0.39, 0.29) is 40.2 Å². The molecule has 0 spiro atoms. The summed E-state index contributed by atoms with van der Waals surface area (Å²) in [6, 6.07) is 10.4. The van der Waals surface area contributed by atoms with Crippen molar-refractivity contribution in [3.63, 3.8) is 0 Å². The largest absolute Gasteiger partial charge is 0.417 e. The molecule has 1 saturated heterocycles. The molecule has 0 unspecified atom stereocenters. The molecule has 1 aliphatic rings. The normalized spacial score (nSPS) is 14.8. The van der Waals surface area contributed by atoms with E-state index in [0.717, 1.165) is 29.9 Å². The number of pyridine rings is 1. The van der Waals surface area contributed by atoms with Gasteiger partial charge in [-0.15, -0.1) is 0 Å². The minimum absolute atomic E-state index is 0.113. The molecule has 0 bridgehead atoms. The summed E-state index contributed by atoms with van der Waals surface area (Å²) in [6.45, 7) is 2.62. The minimum Gasteiger partial charge on any atom is -0.348 e. The van der Waals surface area contributed by atoms with Gasteiger partial charge >= 0.3 is 6.18 Å². The van der Waals surface area contributed by atoms with Crippen LogP contribution in [0, 0.1) is 11.3 Å². The molecule has 1 aromatic carbocycles. The molecule has 1 aliphatic heterocycles. The molecule has 4 aromatic rings. The number of anilines is 2. The van der Waals surface area contributed by atoms with Crippen LogP contribution >= 0.6 is 0 Å². The lowest BCUT2D eigenvalue weighted by Crippen LogP contribution is -2.23. The number of aromatic nitrogens is 4. The lowest BCUT2D eigenvalue weighted by atomic mass is 10.1. The number of carbonyl (C=O) groups is 1. The minimum atomic E-state index is -4.56. The van der Waals surface area contributed by atoms with Gasteiger partial charge in [0, 0.05) is 42.0 Å². The summed E-state index contributed by atoms with van der Waals surface area (Å²) in [5, 5.41) is 12.9. The summed E-state index contributed by atoms with van der Waals surface area (Å²) in [7, 11) is 0. The van der Waals surface area contributed by atoms with Crippen LogP contribution in [0.2, 0.25) is 0 Å². The first-order valence-electron chi connectivity index (χ1n) is 11.2. The van der Waals surface area contributed by atoms with Crippen molar-refractivity contribution in [2.75, 3.05) is 16.8 Å². The summed E-state index contributed by atoms with van der Waals surface area (Å²) in [6.07, 6.45) is 0.418. The number of alkyl halides is 3. The fraction of sp³-hybridized carbons (Fsp3) is 0.240. The van der Waals surface area contributed by atoms with Crippen molar-refractivity contribution in [1.82, 2.24) is 19.9 Å². The van der Waals surface area contributed by atoms with Crippen LogP contribution in [0.15, 0.2) is 48.9 Å². The van der Waals surface area contributed by atoms with Crippen LogP contribution < -0.4 is 10.2 Å². The standard InChI is InChI=1S/C25H20F3N7O/c1-14(15-4-6-18(7-5-15)35-8-2-3-21(35)36)33-24-32-11-16(10-29)22(34-24)20-13-31-23-19(20)9-17(12-30-23)25(26,27)28/h4-7,9,11-14H,2-3,8H2,1H3,(H,30,31)(H,32,33,34)/t14-/m1/s1. The Balaban J connectivity index is 1.43. The zero-order valence-electron chi connectivity index (χ0n) is 19.1. The third kappa shape index (κ3) is 4.33. The second kappa shape index (κ2) is 8.96. The molecule has 1 amide bonds. The van der Waals surface area contributed by atoms with E-state index in [1.807, 2.05) is 37.3 Å². The molecule has 0 radical (unpaired) electrons. The van der Waals surface area contributed by atoms with Crippen molar-refractivity contribution in [3.05, 3.63) is 65.6 Å². The Morgan fingerprint density at radius 3 is 2.64 bits per heavy atom. The number of benzene rings is 1. The average molecular weight is 491 g/mol. The number of hydrogen-bond donors (Lipinski definition) is 2. The molecular weight excluding hydrogens is 471 g/mol. The van der Waals surface area contributed by atoms with E-state index >= 15 is 0 Å². The van der Waals surface area contributed by atoms with Gasteiger partial charge in [-0.25, -0.2) is 15.0 Å². The van der Waals surface area contributed by atoms with Crippen molar-refractivity contribution in [2.45, 2.75) is 32.0 Å². The van der Waals surface area contributed by atoms with Crippen LogP contribution in [0.1, 0.15) is 42.5 Å². The number of aromatic amines is 1. The van der Waals surface area contributed by atoms with Crippen LogP contribution in [-0.4, -0.2) is 32.4 Å². The zero-order chi connectivity index (χ0) is 25.4. The third-order valence-electron chi connectivity index (χ3n) is 6.15. The number of halogens is 3. The van der Waals surface area contributed by atoms with Gasteiger partial charge in [0.1, 0.15) is 11.7 Å². The molecule has 1 atom stereocenters. The number of carbonyl (C=O) groups excluding carboxylic acids is 1. The Morgan fingerprint density at radius 2 is 1.97 bits per heavy atom. The maximum absolute atomic E-state index is 13.2. The average Bonchev–Trinajstić information content (AvgIpc) is 3.49. The number of nitrogens with one attached hydrogen (secondary N) is 2. The van der Waals surface area contributed by atoms with Gasteiger partial charge in [-0.05, 0) is 37.1 Å². The van der Waals surface area contributed by atoms with Crippen molar-refractivity contribution in [2.24, 2.45) is 0 Å². The van der Waals surface area contributed by atoms with Gasteiger partial charge < -0.3 is 15.2 Å². The van der Waals surface area contributed by atoms with Crippen molar-refractivity contribution in [3.8, 4) is 17.3 Å². The quantitative estimate of drug-likeness (QED) is 0.397. The molecule has 8 nitrogen and oxygen atoms in total. The van der Waals surface area contributed by atoms with Crippen LogP contribution in [0.4, 0.5) is 24.8 Å². The Morgan fingerprint density at radius 1 is 1.19 bits per heavy atom. The fourth-order valence-corrected chi connectivity index (χ4v) is 4.23. The molecular formula is C25H20F3N7O. The number of nitrogens with zero attached hydrogens (tertiary/aromatic N) is 5. The second-order valence-corrected chi connectivity index (χ2v) is 8.49. The van der Waals surface area contributed by atoms with Crippen LogP contribution in [0.5, 0.6) is 0 Å². The number of nitriles is 1. The van der Waals surface area contributed by atoms with Gasteiger partial charge in [-0.3, -0.25) is 4.79 Å². The highest BCUT2D eigenvalue weighted by Crippen LogP contribution is 2.35. The lowest BCUT2D eigenvalue weighted by Gasteiger charge is -2.18. The molecule has 1 fully saturated rings. The fourth-order valence-electron chi connectivity index (χ4n) is 4.23. The van der Waals surface area contributed by atoms with Crippen LogP contribution in [0.3, 0.4) is 0 Å². The van der Waals surface area contributed by atoms with Crippen molar-refractivity contribution in [1.29, 1.82) is 5.26 Å². The first-order valence-corrected chi connectivity index (χ1v) is 11.2. The molecule has 0 aliphatic carbocycles. The molecule has 2 N–H and O–H groups in total. The van der Waals surface area contributed by atoms with E-state index in [1.54, 1.807) is 4.90 Å². The van der Waals surface area contributed by atoms with E-state index in [0.29, 0.717) is 18.5 Å². The maximum atomic E-state index is 13.2. The number of rotatable bonds is 5. The molecule has 4 heterocycles. The first kappa shape index (κ1) is 23.3. The van der Waals surface area contributed by atoms with Crippen molar-refractivity contribution < 1.29 is 18.0 Å². The van der Waals surface area contributed by atoms with Crippen molar-refractivity contribution >= 4 is 28.6 Å². The highest BCUT2D eigenvalue weighted by atomic mass is 19.4. The van der Waals surface area contributed by atoms with Gasteiger partial charge in [0.2, 0.25) is 11.9 Å². The number of fused-ring (bicyclic) bond motifs is 1. The molecule has 11 heteroatoms. The number of H-pyrrole nitrogens is 1. The molecule has 36 heavy (non-hydrogen) atoms. The lowest BCUT2D eigenvalue weighted by molar-refractivity contribution is -0.137. The second-order valence-electron chi connectivity index (χ2n) is 8.49. The van der Waals surface area contributed by atoms with Gasteiger partial charge in [0.15, 0.2) is 0 Å². The third-order valence-corrected chi connectivity index (χ3v) is 6.15. The van der Waals surface area contributed by atoms with Gasteiger partial charge in [-0.1, -0.05) is 12.1 Å². The van der Waals surface area contributed by atoms with E-state index < -0.39 is 11.7 Å². The van der Waals surface area contributed by atoms with E-state index in [4.69, 9.17) is 0 Å². The highest BCUT2D eigenvalue weighted by molar-refractivity contribution is 5.95. The monoisotopic (exact) mass is 491 g/mol. The van der Waals surface area contributed by atoms with Crippen LogP contribution in [0.25, 0.3) is 22.3 Å². The SMILES string of the molecule is C[C@@H](Nc1ncc(C#N)c(-c2c[nH]c3ncc(C(F)(F)F)cc23)n1)c1ccc(N2CCCC2=O)cc1. The Hall–Kier alpha value is -4.46. The summed E-state index contributed by atoms with van der Waals surface area (Å²) >= 11 is 0. The molecule has 3 aromatic heterocycles. The number of amides is 1. The smallest absolute Gasteiger partial charge is 0.348 e. The topological polar surface area (TPSA) is 111 Å².